The van der Waals surface area contributed by atoms with Crippen molar-refractivity contribution in [2.24, 2.45) is 0 Å². The fourth-order valence-corrected chi connectivity index (χ4v) is 2.08. The van der Waals surface area contributed by atoms with Gasteiger partial charge in [0.05, 0.1) is 12.2 Å². The third-order valence-electron chi connectivity index (χ3n) is 3.01. The molecular weight excluding hydrogens is 272 g/mol. The van der Waals surface area contributed by atoms with Crippen LogP contribution in [0, 0.1) is 6.92 Å². The molecule has 1 aliphatic carbocycles. The quantitative estimate of drug-likeness (QED) is 0.638. The monoisotopic (exact) mass is 288 g/mol. The summed E-state index contributed by atoms with van der Waals surface area (Å²) in [6, 6.07) is 3.40. The zero-order chi connectivity index (χ0) is 15.6. The van der Waals surface area contributed by atoms with Crippen molar-refractivity contribution in [1.29, 1.82) is 0 Å². The van der Waals surface area contributed by atoms with Crippen LogP contribution >= 0.6 is 0 Å². The molecule has 0 saturated carbocycles. The van der Waals surface area contributed by atoms with Crippen molar-refractivity contribution in [2.75, 3.05) is 6.61 Å². The van der Waals surface area contributed by atoms with E-state index in [1.807, 2.05) is 13.0 Å². The Balaban J connectivity index is 2.47. The van der Waals surface area contributed by atoms with Gasteiger partial charge in [-0.25, -0.2) is 4.79 Å². The van der Waals surface area contributed by atoms with Crippen LogP contribution in [0.25, 0.3) is 16.7 Å². The molecule has 0 aromatic heterocycles. The number of fused-ring (bicyclic) bond motifs is 1. The summed E-state index contributed by atoms with van der Waals surface area (Å²) in [6.45, 7) is 8.98. The van der Waals surface area contributed by atoms with Crippen LogP contribution in [0.2, 0.25) is 0 Å². The molecule has 2 rings (SSSR count). The van der Waals surface area contributed by atoms with Crippen molar-refractivity contribution in [1.82, 2.24) is 0 Å². The molecule has 0 unspecified atom stereocenters. The number of aryl methyl sites for hydroxylation is 1. The van der Waals surface area contributed by atoms with Crippen LogP contribution in [-0.4, -0.2) is 18.5 Å². The molecule has 1 aliphatic heterocycles. The van der Waals surface area contributed by atoms with E-state index < -0.39 is 11.9 Å². The molecule has 1 heterocycles. The lowest BCUT2D eigenvalue weighted by molar-refractivity contribution is -0.136. The van der Waals surface area contributed by atoms with E-state index in [0.717, 1.165) is 16.7 Å². The summed E-state index contributed by atoms with van der Waals surface area (Å²) >= 11 is 0. The Kier molecular flexibility index (Phi) is 4.12. The first kappa shape index (κ1) is 14.8. The fourth-order valence-electron chi connectivity index (χ4n) is 2.08. The van der Waals surface area contributed by atoms with E-state index in [4.69, 9.17) is 13.9 Å². The van der Waals surface area contributed by atoms with E-state index in [2.05, 4.69) is 6.58 Å². The summed E-state index contributed by atoms with van der Waals surface area (Å²) in [7, 11) is 0. The molecule has 0 amide bonds. The highest BCUT2D eigenvalue weighted by Crippen LogP contribution is 2.38. The van der Waals surface area contributed by atoms with Gasteiger partial charge in [-0.2, -0.15) is 0 Å². The third kappa shape index (κ3) is 2.97. The second kappa shape index (κ2) is 5.83. The Hall–Kier alpha value is -2.56. The molecule has 0 spiro atoms. The number of rotatable bonds is 4. The molecule has 2 aliphatic rings. The van der Waals surface area contributed by atoms with Crippen molar-refractivity contribution < 1.29 is 23.5 Å². The van der Waals surface area contributed by atoms with E-state index in [1.54, 1.807) is 13.0 Å². The average Bonchev–Trinajstić information content (AvgIpc) is 2.74. The van der Waals surface area contributed by atoms with Gasteiger partial charge in [-0.15, -0.1) is 0 Å². The second-order valence-corrected chi connectivity index (χ2v) is 4.56. The Morgan fingerprint density at radius 3 is 2.62 bits per heavy atom. The largest absolute Gasteiger partial charge is 0.462 e. The zero-order valence-electron chi connectivity index (χ0n) is 12.2. The van der Waals surface area contributed by atoms with Crippen molar-refractivity contribution >= 4 is 17.5 Å². The van der Waals surface area contributed by atoms with Crippen molar-refractivity contribution in [2.45, 2.75) is 20.8 Å². The molecule has 5 nitrogen and oxygen atoms in total. The lowest BCUT2D eigenvalue weighted by Crippen LogP contribution is -2.06. The first-order valence-corrected chi connectivity index (χ1v) is 6.50. The lowest BCUT2D eigenvalue weighted by atomic mass is 10.0. The highest BCUT2D eigenvalue weighted by molar-refractivity contribution is 6.18. The van der Waals surface area contributed by atoms with Gasteiger partial charge < -0.3 is 13.9 Å². The third-order valence-corrected chi connectivity index (χ3v) is 3.01. The number of carbonyl (C=O) groups excluding carboxylic acids is 2. The molecule has 110 valence electrons. The number of esters is 2. The summed E-state index contributed by atoms with van der Waals surface area (Å²) in [5.74, 6) is -0.884. The van der Waals surface area contributed by atoms with Gasteiger partial charge in [-0.05, 0) is 31.0 Å². The van der Waals surface area contributed by atoms with Crippen LogP contribution in [-0.2, 0) is 14.3 Å². The molecule has 0 radical (unpaired) electrons. The van der Waals surface area contributed by atoms with Crippen LogP contribution in [0.3, 0.4) is 0 Å². The van der Waals surface area contributed by atoms with E-state index in [1.165, 1.54) is 13.2 Å². The molecular formula is C16H16O5. The fraction of sp³-hybridized carbons (Fsp3) is 0.250. The van der Waals surface area contributed by atoms with Crippen LogP contribution in [0.4, 0.5) is 0 Å². The minimum Gasteiger partial charge on any atom is -0.462 e. The summed E-state index contributed by atoms with van der Waals surface area (Å²) in [6.07, 6.45) is 1.49. The number of carbonyl (C=O) groups is 2. The number of ether oxygens (including phenoxy) is 2. The summed E-state index contributed by atoms with van der Waals surface area (Å²) in [4.78, 5) is 22.8. The van der Waals surface area contributed by atoms with Crippen molar-refractivity contribution in [3.05, 3.63) is 36.1 Å². The summed E-state index contributed by atoms with van der Waals surface area (Å²) in [5.41, 5.74) is 3.39. The minimum absolute atomic E-state index is 0.0681. The first-order chi connectivity index (χ1) is 9.93. The van der Waals surface area contributed by atoms with Gasteiger partial charge in [0.25, 0.3) is 5.95 Å². The van der Waals surface area contributed by atoms with Gasteiger partial charge in [0, 0.05) is 24.1 Å². The average molecular weight is 288 g/mol. The Morgan fingerprint density at radius 1 is 1.29 bits per heavy atom. The highest BCUT2D eigenvalue weighted by Gasteiger charge is 2.22. The van der Waals surface area contributed by atoms with Gasteiger partial charge in [0.15, 0.2) is 0 Å². The molecule has 0 aromatic rings. The SMILES string of the molecule is C=C(C(=O)OCC)c1cc(C)c2coc(OC(C)=O)cc1-2. The molecule has 0 saturated heterocycles. The normalized spacial score (nSPS) is 10.4. The van der Waals surface area contributed by atoms with E-state index in [0.29, 0.717) is 5.56 Å². The highest BCUT2D eigenvalue weighted by atomic mass is 16.6. The zero-order valence-corrected chi connectivity index (χ0v) is 12.2. The van der Waals surface area contributed by atoms with E-state index >= 15 is 0 Å². The van der Waals surface area contributed by atoms with Crippen LogP contribution < -0.4 is 4.74 Å². The molecule has 0 aromatic carbocycles. The second-order valence-electron chi connectivity index (χ2n) is 4.56. The summed E-state index contributed by atoms with van der Waals surface area (Å²) in [5, 5.41) is 0. The molecule has 0 fully saturated rings. The first-order valence-electron chi connectivity index (χ1n) is 6.50. The number of hydrogen-bond acceptors (Lipinski definition) is 5. The van der Waals surface area contributed by atoms with Gasteiger partial charge in [0.1, 0.15) is 6.26 Å². The Morgan fingerprint density at radius 2 is 2.00 bits per heavy atom. The van der Waals surface area contributed by atoms with Gasteiger partial charge in [-0.1, -0.05) is 6.58 Å². The predicted molar refractivity (Wildman–Crippen MR) is 77.0 cm³/mol. The standard InChI is InChI=1S/C16H16O5/c1-5-19-16(18)10(3)12-6-9(2)14-8-20-15(7-13(12)14)21-11(4)17/h6-8H,3,5H2,1-2,4H3. The smallest absolute Gasteiger partial charge is 0.338 e. The van der Waals surface area contributed by atoms with Crippen molar-refractivity contribution in [3.63, 3.8) is 0 Å². The van der Waals surface area contributed by atoms with E-state index in [-0.39, 0.29) is 18.1 Å². The van der Waals surface area contributed by atoms with Crippen LogP contribution in [0.15, 0.2) is 29.4 Å². The van der Waals surface area contributed by atoms with Crippen molar-refractivity contribution in [3.8, 4) is 17.1 Å². The maximum absolute atomic E-state index is 11.8. The van der Waals surface area contributed by atoms with Gasteiger partial charge in [-0.3, -0.25) is 4.79 Å². The van der Waals surface area contributed by atoms with E-state index in [9.17, 15) is 9.59 Å². The Labute approximate surface area is 122 Å². The molecule has 21 heavy (non-hydrogen) atoms. The van der Waals surface area contributed by atoms with Crippen LogP contribution in [0.1, 0.15) is 25.0 Å². The van der Waals surface area contributed by atoms with Gasteiger partial charge >= 0.3 is 11.9 Å². The predicted octanol–water partition coefficient (Wildman–Crippen LogP) is 3.19. The number of hydrogen-bond donors (Lipinski definition) is 0. The molecule has 0 N–H and O–H groups in total. The topological polar surface area (TPSA) is 65.7 Å². The maximum atomic E-state index is 11.8. The molecule has 0 atom stereocenters. The van der Waals surface area contributed by atoms with Crippen LogP contribution in [0.5, 0.6) is 5.95 Å². The summed E-state index contributed by atoms with van der Waals surface area (Å²) < 4.78 is 15.1. The maximum Gasteiger partial charge on any atom is 0.338 e. The molecule has 0 bridgehead atoms. The minimum atomic E-state index is -0.479. The molecule has 5 heteroatoms. The lowest BCUT2D eigenvalue weighted by Gasteiger charge is -2.08. The van der Waals surface area contributed by atoms with Gasteiger partial charge in [0.2, 0.25) is 0 Å². The Bertz CT molecular complexity index is 680.